The number of furan rings is 1. The van der Waals surface area contributed by atoms with Gasteiger partial charge in [-0.2, -0.15) is 0 Å². The molecule has 0 aliphatic carbocycles. The maximum atomic E-state index is 12.2. The van der Waals surface area contributed by atoms with E-state index in [-0.39, 0.29) is 5.91 Å². The first-order chi connectivity index (χ1) is 11.2. The molecule has 0 unspecified atom stereocenters. The summed E-state index contributed by atoms with van der Waals surface area (Å²) in [6.45, 7) is 4.39. The number of benzene rings is 1. The molecule has 2 heterocycles. The molecule has 6 heteroatoms. The predicted octanol–water partition coefficient (Wildman–Crippen LogP) is 4.36. The Labute approximate surface area is 137 Å². The van der Waals surface area contributed by atoms with Gasteiger partial charge in [-0.25, -0.2) is 4.98 Å². The van der Waals surface area contributed by atoms with Gasteiger partial charge in [0.05, 0.1) is 6.61 Å². The van der Waals surface area contributed by atoms with Crippen molar-refractivity contribution in [3.8, 4) is 17.2 Å². The Morgan fingerprint density at radius 3 is 2.70 bits per heavy atom. The number of ether oxygens (including phenoxy) is 1. The Kier molecular flexibility index (Phi) is 4.43. The highest BCUT2D eigenvalue weighted by Gasteiger charge is 2.11. The van der Waals surface area contributed by atoms with E-state index in [0.717, 1.165) is 11.5 Å². The normalized spacial score (nSPS) is 10.5. The van der Waals surface area contributed by atoms with E-state index in [1.807, 2.05) is 31.4 Å². The topological polar surface area (TPSA) is 64.4 Å². The maximum absolute atomic E-state index is 12.2. The summed E-state index contributed by atoms with van der Waals surface area (Å²) in [5, 5.41) is 5.18. The molecule has 0 aliphatic heterocycles. The van der Waals surface area contributed by atoms with Crippen LogP contribution in [0.2, 0.25) is 0 Å². The number of hydrogen-bond acceptors (Lipinski definition) is 5. The molecule has 2 aromatic heterocycles. The Hall–Kier alpha value is -2.60. The zero-order chi connectivity index (χ0) is 16.2. The minimum atomic E-state index is -0.204. The van der Waals surface area contributed by atoms with Crippen LogP contribution in [0.15, 0.2) is 46.2 Å². The van der Waals surface area contributed by atoms with E-state index in [9.17, 15) is 4.79 Å². The second kappa shape index (κ2) is 6.66. The van der Waals surface area contributed by atoms with Crippen molar-refractivity contribution in [3.05, 3.63) is 53.1 Å². The summed E-state index contributed by atoms with van der Waals surface area (Å²) in [6.07, 6.45) is 0. The molecule has 23 heavy (non-hydrogen) atoms. The molecule has 1 aromatic carbocycles. The molecule has 0 saturated carbocycles. The summed E-state index contributed by atoms with van der Waals surface area (Å²) >= 11 is 1.36. The van der Waals surface area contributed by atoms with Gasteiger partial charge < -0.3 is 9.15 Å². The summed E-state index contributed by atoms with van der Waals surface area (Å²) < 4.78 is 10.9. The molecule has 0 spiro atoms. The highest BCUT2D eigenvalue weighted by molar-refractivity contribution is 7.14. The van der Waals surface area contributed by atoms with Gasteiger partial charge in [0.2, 0.25) is 0 Å². The highest BCUT2D eigenvalue weighted by Crippen LogP contribution is 2.26. The summed E-state index contributed by atoms with van der Waals surface area (Å²) in [4.78, 5) is 16.6. The number of nitrogens with one attached hydrogen (secondary N) is 1. The monoisotopic (exact) mass is 328 g/mol. The first-order valence-electron chi connectivity index (χ1n) is 7.22. The van der Waals surface area contributed by atoms with Crippen LogP contribution < -0.4 is 10.1 Å². The molecule has 0 aliphatic rings. The van der Waals surface area contributed by atoms with Gasteiger partial charge in [0.25, 0.3) is 5.91 Å². The van der Waals surface area contributed by atoms with Gasteiger partial charge in [-0.1, -0.05) is 0 Å². The molecule has 5 nitrogen and oxygen atoms in total. The maximum Gasteiger partial charge on any atom is 0.257 e. The number of hydrogen-bond donors (Lipinski definition) is 1. The SMILES string of the molecule is CCOc1ccc(C(=O)Nc2nc(-c3ccc(C)o3)cs2)cc1. The molecule has 0 bridgehead atoms. The fraction of sp³-hybridized carbons (Fsp3) is 0.176. The van der Waals surface area contributed by atoms with E-state index in [2.05, 4.69) is 10.3 Å². The zero-order valence-electron chi connectivity index (χ0n) is 12.8. The number of nitrogens with zero attached hydrogens (tertiary/aromatic N) is 1. The average Bonchev–Trinajstić information content (AvgIpc) is 3.17. The van der Waals surface area contributed by atoms with Crippen molar-refractivity contribution in [2.45, 2.75) is 13.8 Å². The minimum Gasteiger partial charge on any atom is -0.494 e. The standard InChI is InChI=1S/C17H16N2O3S/c1-3-21-13-7-5-12(6-8-13)16(20)19-17-18-14(10-23-17)15-9-4-11(2)22-15/h4-10H,3H2,1-2H3,(H,18,19,20). The minimum absolute atomic E-state index is 0.204. The second-order valence-electron chi connectivity index (χ2n) is 4.86. The molecule has 118 valence electrons. The molecular formula is C17H16N2O3S. The predicted molar refractivity (Wildman–Crippen MR) is 90.1 cm³/mol. The van der Waals surface area contributed by atoms with Gasteiger partial charge in [-0.3, -0.25) is 10.1 Å². The van der Waals surface area contributed by atoms with E-state index in [0.29, 0.717) is 28.8 Å². The van der Waals surface area contributed by atoms with Crippen molar-refractivity contribution in [2.24, 2.45) is 0 Å². The number of carbonyl (C=O) groups excluding carboxylic acids is 1. The molecule has 1 N–H and O–H groups in total. The Bertz CT molecular complexity index is 805. The summed E-state index contributed by atoms with van der Waals surface area (Å²) in [5.41, 5.74) is 1.27. The van der Waals surface area contributed by atoms with Crippen LogP contribution in [-0.2, 0) is 0 Å². The van der Waals surface area contributed by atoms with E-state index >= 15 is 0 Å². The molecule has 1 amide bonds. The van der Waals surface area contributed by atoms with Crippen molar-refractivity contribution in [1.29, 1.82) is 0 Å². The summed E-state index contributed by atoms with van der Waals surface area (Å²) in [7, 11) is 0. The Morgan fingerprint density at radius 1 is 1.26 bits per heavy atom. The number of aromatic nitrogens is 1. The Morgan fingerprint density at radius 2 is 2.04 bits per heavy atom. The number of anilines is 1. The van der Waals surface area contributed by atoms with Crippen LogP contribution >= 0.6 is 11.3 Å². The van der Waals surface area contributed by atoms with Crippen LogP contribution in [0, 0.1) is 6.92 Å². The first kappa shape index (κ1) is 15.3. The number of rotatable bonds is 5. The summed E-state index contributed by atoms with van der Waals surface area (Å²) in [5.74, 6) is 2.06. The lowest BCUT2D eigenvalue weighted by Gasteiger charge is -2.04. The van der Waals surface area contributed by atoms with Crippen LogP contribution in [0.4, 0.5) is 5.13 Å². The molecule has 0 fully saturated rings. The quantitative estimate of drug-likeness (QED) is 0.755. The van der Waals surface area contributed by atoms with Crippen molar-refractivity contribution in [2.75, 3.05) is 11.9 Å². The Balaban J connectivity index is 1.69. The number of aryl methyl sites for hydroxylation is 1. The molecule has 3 rings (SSSR count). The number of amides is 1. The second-order valence-corrected chi connectivity index (χ2v) is 5.72. The van der Waals surface area contributed by atoms with Crippen molar-refractivity contribution in [3.63, 3.8) is 0 Å². The molecular weight excluding hydrogens is 312 g/mol. The van der Waals surface area contributed by atoms with Gasteiger partial charge in [0, 0.05) is 10.9 Å². The van der Waals surface area contributed by atoms with Crippen molar-refractivity contribution >= 4 is 22.4 Å². The van der Waals surface area contributed by atoms with Crippen LogP contribution in [0.25, 0.3) is 11.5 Å². The third-order valence-corrected chi connectivity index (χ3v) is 3.90. The van der Waals surface area contributed by atoms with Crippen LogP contribution in [0.1, 0.15) is 23.0 Å². The van der Waals surface area contributed by atoms with Gasteiger partial charge in [0.1, 0.15) is 17.2 Å². The van der Waals surface area contributed by atoms with Gasteiger partial charge in [-0.15, -0.1) is 11.3 Å². The van der Waals surface area contributed by atoms with Crippen molar-refractivity contribution < 1.29 is 13.9 Å². The van der Waals surface area contributed by atoms with Gasteiger partial charge in [-0.05, 0) is 50.2 Å². The highest BCUT2D eigenvalue weighted by atomic mass is 32.1. The molecule has 3 aromatic rings. The lowest BCUT2D eigenvalue weighted by molar-refractivity contribution is 0.102. The third kappa shape index (κ3) is 3.60. The fourth-order valence-electron chi connectivity index (χ4n) is 2.06. The van der Waals surface area contributed by atoms with Crippen LogP contribution in [0.5, 0.6) is 5.75 Å². The number of thiazole rings is 1. The van der Waals surface area contributed by atoms with E-state index < -0.39 is 0 Å². The average molecular weight is 328 g/mol. The third-order valence-electron chi connectivity index (χ3n) is 3.14. The largest absolute Gasteiger partial charge is 0.494 e. The van der Waals surface area contributed by atoms with E-state index in [1.54, 1.807) is 24.3 Å². The zero-order valence-corrected chi connectivity index (χ0v) is 13.6. The molecule has 0 saturated heterocycles. The van der Waals surface area contributed by atoms with Gasteiger partial charge in [0.15, 0.2) is 10.9 Å². The molecule has 0 radical (unpaired) electrons. The smallest absolute Gasteiger partial charge is 0.257 e. The number of carbonyl (C=O) groups is 1. The van der Waals surface area contributed by atoms with Crippen LogP contribution in [0.3, 0.4) is 0 Å². The lowest BCUT2D eigenvalue weighted by atomic mass is 10.2. The fourth-order valence-corrected chi connectivity index (χ4v) is 2.75. The van der Waals surface area contributed by atoms with E-state index in [4.69, 9.17) is 9.15 Å². The van der Waals surface area contributed by atoms with Crippen LogP contribution in [-0.4, -0.2) is 17.5 Å². The molecule has 0 atom stereocenters. The lowest BCUT2D eigenvalue weighted by Crippen LogP contribution is -2.11. The van der Waals surface area contributed by atoms with Gasteiger partial charge >= 0.3 is 0 Å². The van der Waals surface area contributed by atoms with E-state index in [1.165, 1.54) is 11.3 Å². The van der Waals surface area contributed by atoms with Crippen molar-refractivity contribution in [1.82, 2.24) is 4.98 Å². The first-order valence-corrected chi connectivity index (χ1v) is 8.10. The summed E-state index contributed by atoms with van der Waals surface area (Å²) in [6, 6.07) is 10.7.